The maximum atomic E-state index is 10.8. The summed E-state index contributed by atoms with van der Waals surface area (Å²) in [4.78, 5) is 21.6. The summed E-state index contributed by atoms with van der Waals surface area (Å²) in [5.41, 5.74) is 0. The zero-order chi connectivity index (χ0) is 15.1. The molecule has 0 rings (SSSR count). The van der Waals surface area contributed by atoms with Crippen molar-refractivity contribution in [3.8, 4) is 0 Å². The normalized spacial score (nSPS) is 10.3. The highest BCUT2D eigenvalue weighted by Gasteiger charge is 1.97. The van der Waals surface area contributed by atoms with Crippen LogP contribution in [0.5, 0.6) is 0 Å². The fraction of sp³-hybridized carbons (Fsp3) is 0.833. The second kappa shape index (κ2) is 14.8. The largest absolute Gasteiger partial charge is 0.379 e. The first-order chi connectivity index (χ1) is 9.70. The van der Waals surface area contributed by atoms with E-state index in [1.807, 2.05) is 0 Å². The van der Waals surface area contributed by atoms with Gasteiger partial charge in [-0.25, -0.2) is 0 Å². The van der Waals surface area contributed by atoms with Gasteiger partial charge in [0.1, 0.15) is 11.8 Å². The van der Waals surface area contributed by atoms with Crippen molar-refractivity contribution in [2.45, 2.75) is 12.8 Å². The number of nitrogens with one attached hydrogen (secondary N) is 2. The predicted octanol–water partition coefficient (Wildman–Crippen LogP) is 0.510. The maximum Gasteiger partial charge on any atom is 0.234 e. The molecular formula is C12H22Cl2N2O4. The summed E-state index contributed by atoms with van der Waals surface area (Å²) >= 11 is 10.6. The lowest BCUT2D eigenvalue weighted by atomic mass is 10.4. The van der Waals surface area contributed by atoms with Gasteiger partial charge in [-0.15, -0.1) is 23.2 Å². The van der Waals surface area contributed by atoms with Gasteiger partial charge in [-0.05, 0) is 12.8 Å². The molecule has 0 aromatic heterocycles. The summed E-state index contributed by atoms with van der Waals surface area (Å²) in [6, 6.07) is 0. The van der Waals surface area contributed by atoms with Crippen LogP contribution in [0.2, 0.25) is 0 Å². The highest BCUT2D eigenvalue weighted by atomic mass is 35.5. The molecule has 0 saturated carbocycles. The van der Waals surface area contributed by atoms with Crippen molar-refractivity contribution in [3.05, 3.63) is 0 Å². The van der Waals surface area contributed by atoms with Crippen LogP contribution in [0.3, 0.4) is 0 Å². The zero-order valence-corrected chi connectivity index (χ0v) is 13.0. The van der Waals surface area contributed by atoms with Crippen LogP contribution in [0.4, 0.5) is 0 Å². The minimum absolute atomic E-state index is 0.0138. The second-order valence-corrected chi connectivity index (χ2v) is 4.43. The number of carbonyl (C=O) groups excluding carboxylic acids is 2. The average molecular weight is 329 g/mol. The molecule has 0 aliphatic rings. The maximum absolute atomic E-state index is 10.8. The predicted molar refractivity (Wildman–Crippen MR) is 78.3 cm³/mol. The first-order valence-electron chi connectivity index (χ1n) is 6.51. The van der Waals surface area contributed by atoms with Crippen LogP contribution in [0.15, 0.2) is 0 Å². The molecule has 0 spiro atoms. The standard InChI is InChI=1S/C12H22Cl2N2O4/c13-9-11(17)15-3-1-5-19-7-8-20-6-2-4-16-12(18)10-14/h1-10H2,(H,15,17)(H,16,18). The summed E-state index contributed by atoms with van der Waals surface area (Å²) in [5, 5.41) is 5.29. The Labute approximate surface area is 129 Å². The molecule has 2 amide bonds. The summed E-state index contributed by atoms with van der Waals surface area (Å²) in [5.74, 6) is -0.368. The highest BCUT2D eigenvalue weighted by molar-refractivity contribution is 6.27. The lowest BCUT2D eigenvalue weighted by Crippen LogP contribution is -2.26. The van der Waals surface area contributed by atoms with Crippen LogP contribution in [0.25, 0.3) is 0 Å². The highest BCUT2D eigenvalue weighted by Crippen LogP contribution is 1.86. The van der Waals surface area contributed by atoms with Gasteiger partial charge < -0.3 is 20.1 Å². The first kappa shape index (κ1) is 19.4. The Bertz CT molecular complexity index is 242. The smallest absolute Gasteiger partial charge is 0.234 e. The molecule has 8 heteroatoms. The van der Waals surface area contributed by atoms with Crippen molar-refractivity contribution in [1.29, 1.82) is 0 Å². The van der Waals surface area contributed by atoms with Crippen molar-refractivity contribution in [3.63, 3.8) is 0 Å². The third kappa shape index (κ3) is 13.9. The van der Waals surface area contributed by atoms with Gasteiger partial charge in [0.05, 0.1) is 13.2 Å². The van der Waals surface area contributed by atoms with Crippen LogP contribution < -0.4 is 10.6 Å². The van der Waals surface area contributed by atoms with Gasteiger partial charge in [-0.1, -0.05) is 0 Å². The van der Waals surface area contributed by atoms with Gasteiger partial charge in [0.15, 0.2) is 0 Å². The van der Waals surface area contributed by atoms with Crippen LogP contribution in [-0.4, -0.2) is 63.1 Å². The van der Waals surface area contributed by atoms with E-state index in [2.05, 4.69) is 10.6 Å². The Morgan fingerprint density at radius 1 is 0.750 bits per heavy atom. The van der Waals surface area contributed by atoms with Gasteiger partial charge in [-0.3, -0.25) is 9.59 Å². The Morgan fingerprint density at radius 3 is 1.50 bits per heavy atom. The third-order valence-corrected chi connectivity index (χ3v) is 2.68. The molecule has 0 aromatic carbocycles. The Balaban J connectivity index is 3.06. The van der Waals surface area contributed by atoms with Crippen molar-refractivity contribution >= 4 is 35.0 Å². The van der Waals surface area contributed by atoms with E-state index in [0.29, 0.717) is 39.5 Å². The van der Waals surface area contributed by atoms with E-state index in [4.69, 9.17) is 32.7 Å². The van der Waals surface area contributed by atoms with Crippen molar-refractivity contribution in [2.24, 2.45) is 0 Å². The lowest BCUT2D eigenvalue weighted by molar-refractivity contribution is -0.119. The molecule has 0 heterocycles. The fourth-order valence-corrected chi connectivity index (χ4v) is 1.41. The summed E-state index contributed by atoms with van der Waals surface area (Å²) in [6.07, 6.45) is 1.49. The van der Waals surface area contributed by atoms with Gasteiger partial charge in [0.2, 0.25) is 11.8 Å². The number of hydrogen-bond acceptors (Lipinski definition) is 4. The quantitative estimate of drug-likeness (QED) is 0.381. The zero-order valence-electron chi connectivity index (χ0n) is 11.5. The SMILES string of the molecule is O=C(CCl)NCCCOCCOCCCNC(=O)CCl. The molecule has 118 valence electrons. The van der Waals surface area contributed by atoms with Gasteiger partial charge >= 0.3 is 0 Å². The topological polar surface area (TPSA) is 76.7 Å². The van der Waals surface area contributed by atoms with Gasteiger partial charge in [-0.2, -0.15) is 0 Å². The Hall–Kier alpha value is -0.560. The number of rotatable bonds is 13. The minimum Gasteiger partial charge on any atom is -0.379 e. The number of carbonyl (C=O) groups is 2. The molecule has 2 N–H and O–H groups in total. The molecule has 0 aliphatic heterocycles. The third-order valence-electron chi connectivity index (χ3n) is 2.19. The number of alkyl halides is 2. The fourth-order valence-electron chi connectivity index (χ4n) is 1.22. The van der Waals surface area contributed by atoms with E-state index in [0.717, 1.165) is 12.8 Å². The van der Waals surface area contributed by atoms with E-state index in [-0.39, 0.29) is 23.6 Å². The monoisotopic (exact) mass is 328 g/mol. The minimum atomic E-state index is -0.170. The van der Waals surface area contributed by atoms with Crippen molar-refractivity contribution < 1.29 is 19.1 Å². The molecule has 0 unspecified atom stereocenters. The van der Waals surface area contributed by atoms with Crippen molar-refractivity contribution in [2.75, 3.05) is 51.3 Å². The number of amides is 2. The molecule has 0 atom stereocenters. The van der Waals surface area contributed by atoms with E-state index < -0.39 is 0 Å². The number of hydrogen-bond donors (Lipinski definition) is 2. The molecule has 0 aliphatic carbocycles. The summed E-state index contributed by atoms with van der Waals surface area (Å²) < 4.78 is 10.6. The van der Waals surface area contributed by atoms with Gasteiger partial charge in [0, 0.05) is 26.3 Å². The Morgan fingerprint density at radius 2 is 1.15 bits per heavy atom. The molecule has 6 nitrogen and oxygen atoms in total. The van der Waals surface area contributed by atoms with E-state index in [9.17, 15) is 9.59 Å². The Kier molecular flexibility index (Phi) is 14.4. The van der Waals surface area contributed by atoms with Crippen molar-refractivity contribution in [1.82, 2.24) is 10.6 Å². The van der Waals surface area contributed by atoms with E-state index in [1.165, 1.54) is 0 Å². The van der Waals surface area contributed by atoms with Crippen LogP contribution >= 0.6 is 23.2 Å². The first-order valence-corrected chi connectivity index (χ1v) is 7.58. The summed E-state index contributed by atoms with van der Waals surface area (Å²) in [7, 11) is 0. The molecule has 0 aromatic rings. The average Bonchev–Trinajstić information content (AvgIpc) is 2.47. The van der Waals surface area contributed by atoms with Gasteiger partial charge in [0.25, 0.3) is 0 Å². The van der Waals surface area contributed by atoms with Crippen LogP contribution in [0, 0.1) is 0 Å². The van der Waals surface area contributed by atoms with E-state index in [1.54, 1.807) is 0 Å². The number of halogens is 2. The van der Waals surface area contributed by atoms with Crippen LogP contribution in [-0.2, 0) is 19.1 Å². The molecule has 0 fully saturated rings. The molecule has 0 saturated heterocycles. The molecule has 0 bridgehead atoms. The lowest BCUT2D eigenvalue weighted by Gasteiger charge is -2.07. The molecule has 0 radical (unpaired) electrons. The van der Waals surface area contributed by atoms with E-state index >= 15 is 0 Å². The molecular weight excluding hydrogens is 307 g/mol. The second-order valence-electron chi connectivity index (χ2n) is 3.90. The van der Waals surface area contributed by atoms with Crippen LogP contribution in [0.1, 0.15) is 12.8 Å². The molecule has 20 heavy (non-hydrogen) atoms. The summed E-state index contributed by atoms with van der Waals surface area (Å²) in [6.45, 7) is 3.28. The number of ether oxygens (including phenoxy) is 2.